The number of hydrogen-bond acceptors (Lipinski definition) is 4. The third kappa shape index (κ3) is 3.26. The summed E-state index contributed by atoms with van der Waals surface area (Å²) in [6.07, 6.45) is 1.24. The highest BCUT2D eigenvalue weighted by atomic mass is 35.5. The Morgan fingerprint density at radius 3 is 2.58 bits per heavy atom. The van der Waals surface area contributed by atoms with Crippen molar-refractivity contribution in [2.45, 2.75) is 18.9 Å². The first kappa shape index (κ1) is 15.9. The Hall–Kier alpha value is -1.12. The Balaban J connectivity index is 3.13. The van der Waals surface area contributed by atoms with Crippen LogP contribution in [0.3, 0.4) is 0 Å². The molecule has 0 radical (unpaired) electrons. The molecular formula is C10H16ClN3O4S. The molecule has 0 aliphatic heterocycles. The maximum absolute atomic E-state index is 12.4. The Morgan fingerprint density at radius 1 is 1.63 bits per heavy atom. The lowest BCUT2D eigenvalue weighted by Gasteiger charge is -2.22. The predicted molar refractivity (Wildman–Crippen MR) is 69.5 cm³/mol. The number of carboxylic acid groups (broad SMARTS) is 1. The average molecular weight is 310 g/mol. The van der Waals surface area contributed by atoms with Gasteiger partial charge in [-0.3, -0.25) is 9.48 Å². The molecule has 1 heterocycles. The van der Waals surface area contributed by atoms with Gasteiger partial charge in [0.15, 0.2) is 5.03 Å². The number of carbonyl (C=O) groups is 1. The summed E-state index contributed by atoms with van der Waals surface area (Å²) in [6, 6.07) is 0. The lowest BCUT2D eigenvalue weighted by Crippen LogP contribution is -2.37. The Morgan fingerprint density at radius 2 is 2.21 bits per heavy atom. The van der Waals surface area contributed by atoms with E-state index in [1.165, 1.54) is 20.2 Å². The van der Waals surface area contributed by atoms with Crippen LogP contribution in [0.2, 0.25) is 5.02 Å². The van der Waals surface area contributed by atoms with Crippen molar-refractivity contribution in [1.82, 2.24) is 14.1 Å². The van der Waals surface area contributed by atoms with Crippen LogP contribution in [0.25, 0.3) is 0 Å². The highest BCUT2D eigenvalue weighted by Gasteiger charge is 2.31. The topological polar surface area (TPSA) is 92.5 Å². The van der Waals surface area contributed by atoms with Crippen LogP contribution < -0.4 is 0 Å². The van der Waals surface area contributed by atoms with Crippen LogP contribution in [0.15, 0.2) is 11.2 Å². The second-order valence-electron chi connectivity index (χ2n) is 4.12. The minimum absolute atomic E-state index is 0.0175. The van der Waals surface area contributed by atoms with Gasteiger partial charge in [-0.05, 0) is 0 Å². The van der Waals surface area contributed by atoms with E-state index in [2.05, 4.69) is 5.10 Å². The minimum atomic E-state index is -3.86. The molecule has 19 heavy (non-hydrogen) atoms. The monoisotopic (exact) mass is 309 g/mol. The van der Waals surface area contributed by atoms with Gasteiger partial charge >= 0.3 is 5.97 Å². The van der Waals surface area contributed by atoms with E-state index in [0.29, 0.717) is 0 Å². The maximum atomic E-state index is 12.4. The fourth-order valence-electron chi connectivity index (χ4n) is 1.59. The summed E-state index contributed by atoms with van der Waals surface area (Å²) in [5, 5.41) is 12.5. The zero-order valence-electron chi connectivity index (χ0n) is 10.9. The van der Waals surface area contributed by atoms with Gasteiger partial charge in [-0.15, -0.1) is 0 Å². The van der Waals surface area contributed by atoms with Crippen molar-refractivity contribution in [3.8, 4) is 0 Å². The molecule has 0 saturated heterocycles. The SMILES string of the molecule is CCN(CC(C)C(=O)O)S(=O)(=O)c1c(Cl)cnn1C. The molecule has 1 aromatic rings. The van der Waals surface area contributed by atoms with Crippen LogP contribution in [-0.2, 0) is 21.9 Å². The Bertz CT molecular complexity index is 550. The second kappa shape index (κ2) is 5.89. The number of nitrogens with zero attached hydrogens (tertiary/aromatic N) is 3. The molecule has 1 unspecified atom stereocenters. The van der Waals surface area contributed by atoms with Crippen LogP contribution in [0.4, 0.5) is 0 Å². The summed E-state index contributed by atoms with van der Waals surface area (Å²) >= 11 is 5.82. The van der Waals surface area contributed by atoms with Gasteiger partial charge < -0.3 is 5.11 Å². The number of carboxylic acids is 1. The normalized spacial score (nSPS) is 13.7. The number of halogens is 1. The first-order chi connectivity index (χ1) is 8.71. The van der Waals surface area contributed by atoms with Crippen LogP contribution in [-0.4, -0.2) is 46.7 Å². The molecule has 0 bridgehead atoms. The quantitative estimate of drug-likeness (QED) is 0.839. The van der Waals surface area contributed by atoms with Gasteiger partial charge in [0, 0.05) is 20.1 Å². The number of aromatic nitrogens is 2. The van der Waals surface area contributed by atoms with Crippen LogP contribution >= 0.6 is 11.6 Å². The summed E-state index contributed by atoms with van der Waals surface area (Å²) in [5.74, 6) is -1.86. The first-order valence-corrected chi connectivity index (χ1v) is 7.44. The molecule has 0 aliphatic rings. The van der Waals surface area contributed by atoms with Crippen LogP contribution in [0.1, 0.15) is 13.8 Å². The van der Waals surface area contributed by atoms with Crippen molar-refractivity contribution in [2.75, 3.05) is 13.1 Å². The molecule has 9 heteroatoms. The summed E-state index contributed by atoms with van der Waals surface area (Å²) in [7, 11) is -2.39. The predicted octanol–water partition coefficient (Wildman–Crippen LogP) is 0.805. The van der Waals surface area contributed by atoms with Crippen molar-refractivity contribution in [2.24, 2.45) is 13.0 Å². The summed E-state index contributed by atoms with van der Waals surface area (Å²) in [6.45, 7) is 3.12. The molecule has 1 rings (SSSR count). The highest BCUT2D eigenvalue weighted by Crippen LogP contribution is 2.24. The molecule has 108 valence electrons. The third-order valence-electron chi connectivity index (χ3n) is 2.68. The minimum Gasteiger partial charge on any atom is -0.481 e. The molecule has 0 aliphatic carbocycles. The van der Waals surface area contributed by atoms with Crippen molar-refractivity contribution < 1.29 is 18.3 Å². The first-order valence-electron chi connectivity index (χ1n) is 5.62. The molecule has 1 N–H and O–H groups in total. The zero-order valence-corrected chi connectivity index (χ0v) is 12.4. The van der Waals surface area contributed by atoms with E-state index in [9.17, 15) is 13.2 Å². The smallest absolute Gasteiger partial charge is 0.307 e. The number of sulfonamides is 1. The van der Waals surface area contributed by atoms with E-state index in [1.807, 2.05) is 0 Å². The Kier molecular flexibility index (Phi) is 4.94. The molecule has 0 amide bonds. The van der Waals surface area contributed by atoms with Crippen molar-refractivity contribution in [3.63, 3.8) is 0 Å². The van der Waals surface area contributed by atoms with Crippen LogP contribution in [0, 0.1) is 5.92 Å². The van der Waals surface area contributed by atoms with Gasteiger partial charge in [0.25, 0.3) is 10.0 Å². The largest absolute Gasteiger partial charge is 0.481 e. The van der Waals surface area contributed by atoms with E-state index >= 15 is 0 Å². The van der Waals surface area contributed by atoms with Gasteiger partial charge in [-0.1, -0.05) is 25.4 Å². The molecule has 0 spiro atoms. The van der Waals surface area contributed by atoms with Gasteiger partial charge in [0.2, 0.25) is 0 Å². The van der Waals surface area contributed by atoms with Gasteiger partial charge in [-0.25, -0.2) is 8.42 Å². The Labute approximate surface area is 116 Å². The lowest BCUT2D eigenvalue weighted by atomic mass is 10.2. The molecule has 0 saturated carbocycles. The van der Waals surface area contributed by atoms with E-state index in [0.717, 1.165) is 8.99 Å². The number of aryl methyl sites for hydroxylation is 1. The van der Waals surface area contributed by atoms with Crippen LogP contribution in [0.5, 0.6) is 0 Å². The number of hydrogen-bond donors (Lipinski definition) is 1. The number of aliphatic carboxylic acids is 1. The molecule has 0 aromatic carbocycles. The number of rotatable bonds is 6. The summed E-state index contributed by atoms with van der Waals surface area (Å²) in [5.41, 5.74) is 0. The molecule has 1 atom stereocenters. The van der Waals surface area contributed by atoms with E-state index in [1.54, 1.807) is 6.92 Å². The highest BCUT2D eigenvalue weighted by molar-refractivity contribution is 7.89. The van der Waals surface area contributed by atoms with Crippen molar-refractivity contribution in [3.05, 3.63) is 11.2 Å². The standard InChI is InChI=1S/C10H16ClN3O4S/c1-4-14(6-7(2)10(15)16)19(17,18)9-8(11)5-12-13(9)3/h5,7H,4,6H2,1-3H3,(H,15,16). The molecule has 0 fully saturated rings. The maximum Gasteiger partial charge on any atom is 0.307 e. The van der Waals surface area contributed by atoms with Crippen molar-refractivity contribution in [1.29, 1.82) is 0 Å². The molecule has 7 nitrogen and oxygen atoms in total. The van der Waals surface area contributed by atoms with E-state index in [-0.39, 0.29) is 23.1 Å². The summed E-state index contributed by atoms with van der Waals surface area (Å²) < 4.78 is 27.1. The lowest BCUT2D eigenvalue weighted by molar-refractivity contribution is -0.141. The van der Waals surface area contributed by atoms with Gasteiger partial charge in [0.1, 0.15) is 0 Å². The zero-order chi connectivity index (χ0) is 14.8. The average Bonchev–Trinajstić information content (AvgIpc) is 2.65. The van der Waals surface area contributed by atoms with Gasteiger partial charge in [-0.2, -0.15) is 9.40 Å². The fraction of sp³-hybridized carbons (Fsp3) is 0.600. The fourth-order valence-corrected chi connectivity index (χ4v) is 3.74. The molecular weight excluding hydrogens is 294 g/mol. The summed E-state index contributed by atoms with van der Waals surface area (Å²) in [4.78, 5) is 10.8. The van der Waals surface area contributed by atoms with E-state index < -0.39 is 21.9 Å². The van der Waals surface area contributed by atoms with Gasteiger partial charge in [0.05, 0.1) is 17.1 Å². The molecule has 1 aromatic heterocycles. The third-order valence-corrected chi connectivity index (χ3v) is 5.13. The second-order valence-corrected chi connectivity index (χ2v) is 6.38. The van der Waals surface area contributed by atoms with E-state index in [4.69, 9.17) is 16.7 Å². The van der Waals surface area contributed by atoms with Crippen molar-refractivity contribution >= 4 is 27.6 Å².